The van der Waals surface area contributed by atoms with Crippen LogP contribution in [0.15, 0.2) is 67.5 Å². The Hall–Kier alpha value is -3.48. The van der Waals surface area contributed by atoms with Gasteiger partial charge in [0.15, 0.2) is 0 Å². The minimum absolute atomic E-state index is 0.342. The van der Waals surface area contributed by atoms with Crippen molar-refractivity contribution in [1.29, 1.82) is 0 Å². The molecule has 118 valence electrons. The van der Waals surface area contributed by atoms with Gasteiger partial charge in [-0.3, -0.25) is 4.79 Å². The lowest BCUT2D eigenvalue weighted by Crippen LogP contribution is -2.12. The van der Waals surface area contributed by atoms with Crippen LogP contribution < -0.4 is 5.32 Å². The number of rotatable bonds is 3. The first-order valence-electron chi connectivity index (χ1n) is 7.24. The van der Waals surface area contributed by atoms with Crippen molar-refractivity contribution in [1.82, 2.24) is 19.2 Å². The number of imidazole rings is 1. The first-order chi connectivity index (χ1) is 11.7. The quantitative estimate of drug-likeness (QED) is 0.631. The van der Waals surface area contributed by atoms with Crippen LogP contribution in [0.2, 0.25) is 0 Å². The highest BCUT2D eigenvalue weighted by atomic mass is 19.1. The molecule has 3 aromatic heterocycles. The number of halogens is 1. The molecule has 1 aromatic carbocycles. The molecule has 0 unspecified atom stereocenters. The maximum absolute atomic E-state index is 14.2. The molecule has 0 spiro atoms. The highest BCUT2D eigenvalue weighted by Crippen LogP contribution is 2.19. The van der Waals surface area contributed by atoms with Gasteiger partial charge in [0.05, 0.1) is 29.3 Å². The molecule has 0 aliphatic heterocycles. The van der Waals surface area contributed by atoms with Gasteiger partial charge in [-0.05, 0) is 30.3 Å². The molecule has 3 heterocycles. The number of nitrogens with one attached hydrogen (secondary N) is 1. The fourth-order valence-electron chi connectivity index (χ4n) is 2.50. The molecule has 4 aromatic rings. The van der Waals surface area contributed by atoms with Crippen molar-refractivity contribution in [3.8, 4) is 5.69 Å². The van der Waals surface area contributed by atoms with Gasteiger partial charge in [0.25, 0.3) is 5.91 Å². The van der Waals surface area contributed by atoms with Gasteiger partial charge in [-0.15, -0.1) is 0 Å². The molecule has 0 aliphatic carbocycles. The maximum atomic E-state index is 14.2. The van der Waals surface area contributed by atoms with Crippen LogP contribution in [0.25, 0.3) is 11.2 Å². The van der Waals surface area contributed by atoms with E-state index in [9.17, 15) is 9.18 Å². The van der Waals surface area contributed by atoms with Gasteiger partial charge in [0.1, 0.15) is 5.82 Å². The molecule has 1 amide bonds. The number of hydrogen-bond donors (Lipinski definition) is 1. The van der Waals surface area contributed by atoms with Gasteiger partial charge in [0, 0.05) is 24.3 Å². The molecule has 24 heavy (non-hydrogen) atoms. The van der Waals surface area contributed by atoms with E-state index in [0.717, 1.165) is 0 Å². The van der Waals surface area contributed by atoms with Gasteiger partial charge in [-0.25, -0.2) is 13.9 Å². The summed E-state index contributed by atoms with van der Waals surface area (Å²) in [5.74, 6) is -0.795. The molecule has 0 radical (unpaired) electrons. The molecular weight excluding hydrogens is 309 g/mol. The fraction of sp³-hybridized carbons (Fsp3) is 0. The van der Waals surface area contributed by atoms with Gasteiger partial charge in [0.2, 0.25) is 0 Å². The Kier molecular flexibility index (Phi) is 3.31. The third-order valence-corrected chi connectivity index (χ3v) is 3.66. The lowest BCUT2D eigenvalue weighted by molar-refractivity contribution is 0.102. The number of carbonyl (C=O) groups excluding carboxylic acids is 1. The lowest BCUT2D eigenvalue weighted by atomic mass is 10.2. The SMILES string of the molecule is O=C(Nc1ccc(-n2ccnc2)c(F)c1)c1cnn2ccccc12. The molecular formula is C17H12FN5O. The van der Waals surface area contributed by atoms with Crippen molar-refractivity contribution in [2.45, 2.75) is 0 Å². The van der Waals surface area contributed by atoms with Crippen LogP contribution >= 0.6 is 0 Å². The smallest absolute Gasteiger partial charge is 0.259 e. The molecule has 0 atom stereocenters. The molecule has 6 nitrogen and oxygen atoms in total. The topological polar surface area (TPSA) is 64.2 Å². The molecule has 0 fully saturated rings. The van der Waals surface area contributed by atoms with Crippen LogP contribution in [0.1, 0.15) is 10.4 Å². The average molecular weight is 321 g/mol. The summed E-state index contributed by atoms with van der Waals surface area (Å²) in [6.07, 6.45) is 7.97. The summed E-state index contributed by atoms with van der Waals surface area (Å²) in [5, 5.41) is 6.81. The van der Waals surface area contributed by atoms with Crippen LogP contribution in [-0.2, 0) is 0 Å². The third kappa shape index (κ3) is 2.41. The van der Waals surface area contributed by atoms with E-state index >= 15 is 0 Å². The Bertz CT molecular complexity index is 1020. The Morgan fingerprint density at radius 2 is 2.08 bits per heavy atom. The number of nitrogens with zero attached hydrogens (tertiary/aromatic N) is 4. The summed E-state index contributed by atoms with van der Waals surface area (Å²) >= 11 is 0. The first-order valence-corrected chi connectivity index (χ1v) is 7.24. The normalized spacial score (nSPS) is 10.9. The van der Waals surface area contributed by atoms with E-state index in [1.165, 1.54) is 18.6 Å². The minimum Gasteiger partial charge on any atom is -0.322 e. The van der Waals surface area contributed by atoms with E-state index in [1.54, 1.807) is 45.9 Å². The Balaban J connectivity index is 1.61. The van der Waals surface area contributed by atoms with Crippen LogP contribution in [0.4, 0.5) is 10.1 Å². The third-order valence-electron chi connectivity index (χ3n) is 3.66. The second-order valence-electron chi connectivity index (χ2n) is 5.18. The number of aromatic nitrogens is 4. The molecule has 0 saturated carbocycles. The average Bonchev–Trinajstić information content (AvgIpc) is 3.24. The highest BCUT2D eigenvalue weighted by molar-refractivity contribution is 6.08. The minimum atomic E-state index is -0.453. The Morgan fingerprint density at radius 1 is 1.17 bits per heavy atom. The van der Waals surface area contributed by atoms with E-state index in [4.69, 9.17) is 0 Å². The van der Waals surface area contributed by atoms with E-state index in [1.807, 2.05) is 12.1 Å². The number of amides is 1. The standard InChI is InChI=1S/C17H12FN5O/c18-14-9-12(4-5-16(14)22-8-6-19-11-22)21-17(24)13-10-20-23-7-2-1-3-15(13)23/h1-11H,(H,21,24). The number of carbonyl (C=O) groups is 1. The predicted molar refractivity (Wildman–Crippen MR) is 86.7 cm³/mol. The summed E-state index contributed by atoms with van der Waals surface area (Å²) in [5.41, 5.74) is 1.85. The Labute approximate surface area is 136 Å². The summed E-state index contributed by atoms with van der Waals surface area (Å²) in [7, 11) is 0. The monoisotopic (exact) mass is 321 g/mol. The number of anilines is 1. The number of benzene rings is 1. The summed E-state index contributed by atoms with van der Waals surface area (Å²) in [6.45, 7) is 0. The van der Waals surface area contributed by atoms with E-state index in [0.29, 0.717) is 22.5 Å². The largest absolute Gasteiger partial charge is 0.322 e. The second kappa shape index (κ2) is 5.62. The van der Waals surface area contributed by atoms with Crippen molar-refractivity contribution in [2.24, 2.45) is 0 Å². The van der Waals surface area contributed by atoms with Crippen LogP contribution in [0.3, 0.4) is 0 Å². The molecule has 0 bridgehead atoms. The van der Waals surface area contributed by atoms with Crippen LogP contribution in [-0.4, -0.2) is 25.1 Å². The van der Waals surface area contributed by atoms with Crippen molar-refractivity contribution in [3.63, 3.8) is 0 Å². The van der Waals surface area contributed by atoms with Gasteiger partial charge >= 0.3 is 0 Å². The van der Waals surface area contributed by atoms with Gasteiger partial charge in [-0.2, -0.15) is 5.10 Å². The summed E-state index contributed by atoms with van der Waals surface area (Å²) < 4.78 is 17.4. The number of pyridine rings is 1. The molecule has 4 rings (SSSR count). The van der Waals surface area contributed by atoms with Gasteiger partial charge in [-0.1, -0.05) is 6.07 Å². The summed E-state index contributed by atoms with van der Waals surface area (Å²) in [6, 6.07) is 9.95. The summed E-state index contributed by atoms with van der Waals surface area (Å²) in [4.78, 5) is 16.3. The zero-order valence-corrected chi connectivity index (χ0v) is 12.4. The van der Waals surface area contributed by atoms with Crippen molar-refractivity contribution in [2.75, 3.05) is 5.32 Å². The van der Waals surface area contributed by atoms with Crippen molar-refractivity contribution < 1.29 is 9.18 Å². The molecule has 0 saturated heterocycles. The fourth-order valence-corrected chi connectivity index (χ4v) is 2.50. The van der Waals surface area contributed by atoms with E-state index in [2.05, 4.69) is 15.4 Å². The van der Waals surface area contributed by atoms with E-state index in [-0.39, 0.29) is 5.91 Å². The number of fused-ring (bicyclic) bond motifs is 1. The highest BCUT2D eigenvalue weighted by Gasteiger charge is 2.13. The molecule has 0 aliphatic rings. The zero-order chi connectivity index (χ0) is 16.5. The van der Waals surface area contributed by atoms with Crippen molar-refractivity contribution >= 4 is 17.1 Å². The van der Waals surface area contributed by atoms with E-state index < -0.39 is 5.82 Å². The van der Waals surface area contributed by atoms with Gasteiger partial charge < -0.3 is 9.88 Å². The van der Waals surface area contributed by atoms with Crippen LogP contribution in [0.5, 0.6) is 0 Å². The second-order valence-corrected chi connectivity index (χ2v) is 5.18. The zero-order valence-electron chi connectivity index (χ0n) is 12.4. The number of hydrogen-bond acceptors (Lipinski definition) is 3. The predicted octanol–water partition coefficient (Wildman–Crippen LogP) is 2.91. The molecule has 7 heteroatoms. The Morgan fingerprint density at radius 3 is 2.88 bits per heavy atom. The molecule has 1 N–H and O–H groups in total. The van der Waals surface area contributed by atoms with Crippen LogP contribution in [0, 0.1) is 5.82 Å². The van der Waals surface area contributed by atoms with Crippen molar-refractivity contribution in [3.05, 3.63) is 78.9 Å². The maximum Gasteiger partial charge on any atom is 0.259 e. The first kappa shape index (κ1) is 14.1. The lowest BCUT2D eigenvalue weighted by Gasteiger charge is -2.08.